The van der Waals surface area contributed by atoms with Gasteiger partial charge in [-0.2, -0.15) is 0 Å². The Bertz CT molecular complexity index is 1090. The van der Waals surface area contributed by atoms with Crippen LogP contribution in [0.2, 0.25) is 0 Å². The van der Waals surface area contributed by atoms with E-state index < -0.39 is 12.3 Å². The summed E-state index contributed by atoms with van der Waals surface area (Å²) in [5, 5.41) is 0. The summed E-state index contributed by atoms with van der Waals surface area (Å²) in [5.74, 6) is -0.788. The summed E-state index contributed by atoms with van der Waals surface area (Å²) in [6.07, 6.45) is -0.934. The van der Waals surface area contributed by atoms with Crippen molar-refractivity contribution >= 4 is 5.97 Å². The van der Waals surface area contributed by atoms with Gasteiger partial charge >= 0.3 is 12.3 Å². The van der Waals surface area contributed by atoms with Gasteiger partial charge in [0.25, 0.3) is 0 Å². The van der Waals surface area contributed by atoms with Crippen LogP contribution in [-0.4, -0.2) is 29.0 Å². The molecule has 5 nitrogen and oxygen atoms in total. The molecule has 1 aliphatic rings. The summed E-state index contributed by atoms with van der Waals surface area (Å²) in [4.78, 5) is 16.9. The minimum atomic E-state index is -4.76. The largest absolute Gasteiger partial charge is 0.573 e. The van der Waals surface area contributed by atoms with E-state index in [1.165, 1.54) is 19.2 Å². The van der Waals surface area contributed by atoms with E-state index in [4.69, 9.17) is 4.74 Å². The number of esters is 1. The SMILES string of the molecule is COC(=O)c1c(-c2cccnc2)c(C)n2c1-c1ccc(OC(F)(F)F)cc1CC2. The van der Waals surface area contributed by atoms with Crippen molar-refractivity contribution in [2.75, 3.05) is 7.11 Å². The Hall–Kier alpha value is -3.29. The second-order valence-electron chi connectivity index (χ2n) is 6.69. The van der Waals surface area contributed by atoms with Crippen LogP contribution in [0.15, 0.2) is 42.7 Å². The number of nitrogens with zero attached hydrogens (tertiary/aromatic N) is 2. The molecule has 0 atom stereocenters. The smallest absolute Gasteiger partial charge is 0.465 e. The van der Waals surface area contributed by atoms with Crippen LogP contribution in [0.5, 0.6) is 5.75 Å². The van der Waals surface area contributed by atoms with Crippen LogP contribution in [0.4, 0.5) is 13.2 Å². The minimum absolute atomic E-state index is 0.278. The number of ether oxygens (including phenoxy) is 2. The Morgan fingerprint density at radius 2 is 2.03 bits per heavy atom. The van der Waals surface area contributed by atoms with Crippen molar-refractivity contribution in [2.45, 2.75) is 26.3 Å². The number of methoxy groups -OCH3 is 1. The van der Waals surface area contributed by atoms with Gasteiger partial charge in [0, 0.05) is 41.3 Å². The molecule has 0 aliphatic carbocycles. The lowest BCUT2D eigenvalue weighted by molar-refractivity contribution is -0.274. The molecule has 0 radical (unpaired) electrons. The van der Waals surface area contributed by atoms with Crippen LogP contribution in [-0.2, 0) is 17.7 Å². The standard InChI is InChI=1S/C21H17F3N2O3/c1-12-17(14-4-3-8-25-11-14)18(20(27)28-2)19-16-6-5-15(29-21(22,23)24)10-13(16)7-9-26(12)19/h3-6,8,10-11H,7,9H2,1-2H3. The van der Waals surface area contributed by atoms with E-state index in [1.54, 1.807) is 24.5 Å². The number of pyridine rings is 1. The molecule has 0 saturated heterocycles. The van der Waals surface area contributed by atoms with Crippen molar-refractivity contribution in [3.8, 4) is 28.1 Å². The molecule has 0 spiro atoms. The number of alkyl halides is 3. The number of carbonyl (C=O) groups is 1. The molecule has 8 heteroatoms. The zero-order valence-electron chi connectivity index (χ0n) is 15.7. The average molecular weight is 402 g/mol. The van der Waals surface area contributed by atoms with Gasteiger partial charge in [-0.3, -0.25) is 4.98 Å². The van der Waals surface area contributed by atoms with Crippen LogP contribution in [0, 0.1) is 6.92 Å². The van der Waals surface area contributed by atoms with Gasteiger partial charge in [0.05, 0.1) is 18.4 Å². The van der Waals surface area contributed by atoms with Gasteiger partial charge in [-0.15, -0.1) is 13.2 Å². The molecule has 0 bridgehead atoms. The molecule has 0 N–H and O–H groups in total. The van der Waals surface area contributed by atoms with Crippen molar-refractivity contribution in [1.29, 1.82) is 0 Å². The molecule has 0 amide bonds. The fourth-order valence-corrected chi connectivity index (χ4v) is 3.90. The monoisotopic (exact) mass is 402 g/mol. The van der Waals surface area contributed by atoms with E-state index in [2.05, 4.69) is 9.72 Å². The molecule has 0 unspecified atom stereocenters. The normalized spacial score (nSPS) is 12.9. The van der Waals surface area contributed by atoms with E-state index in [9.17, 15) is 18.0 Å². The third-order valence-electron chi connectivity index (χ3n) is 5.03. The fraction of sp³-hybridized carbons (Fsp3) is 0.238. The Balaban J connectivity index is 1.93. The number of hydrogen-bond acceptors (Lipinski definition) is 4. The van der Waals surface area contributed by atoms with Crippen molar-refractivity contribution < 1.29 is 27.4 Å². The van der Waals surface area contributed by atoms with Gasteiger partial charge in [-0.1, -0.05) is 6.07 Å². The van der Waals surface area contributed by atoms with Crippen LogP contribution < -0.4 is 4.74 Å². The summed E-state index contributed by atoms with van der Waals surface area (Å²) < 4.78 is 48.8. The zero-order valence-corrected chi connectivity index (χ0v) is 15.7. The Morgan fingerprint density at radius 3 is 2.69 bits per heavy atom. The number of carbonyl (C=O) groups excluding carboxylic acids is 1. The fourth-order valence-electron chi connectivity index (χ4n) is 3.90. The molecule has 1 aromatic carbocycles. The van der Waals surface area contributed by atoms with Gasteiger partial charge < -0.3 is 14.0 Å². The van der Waals surface area contributed by atoms with Gasteiger partial charge in [0.2, 0.25) is 0 Å². The predicted molar refractivity (Wildman–Crippen MR) is 99.6 cm³/mol. The third-order valence-corrected chi connectivity index (χ3v) is 5.03. The molecule has 150 valence electrons. The van der Waals surface area contributed by atoms with E-state index in [1.807, 2.05) is 17.6 Å². The first-order valence-corrected chi connectivity index (χ1v) is 8.91. The maximum Gasteiger partial charge on any atom is 0.573 e. The number of fused-ring (bicyclic) bond motifs is 3. The second kappa shape index (κ2) is 6.95. The first kappa shape index (κ1) is 19.0. The second-order valence-corrected chi connectivity index (χ2v) is 6.69. The number of rotatable bonds is 3. The van der Waals surface area contributed by atoms with Gasteiger partial charge in [-0.05, 0) is 43.2 Å². The maximum absolute atomic E-state index is 12.7. The molecular formula is C21H17F3N2O3. The Morgan fingerprint density at radius 1 is 1.24 bits per heavy atom. The third kappa shape index (κ3) is 3.35. The summed E-state index contributed by atoms with van der Waals surface area (Å²) in [6, 6.07) is 7.82. The van der Waals surface area contributed by atoms with Crippen molar-refractivity contribution in [3.05, 3.63) is 59.5 Å². The number of hydrogen-bond donors (Lipinski definition) is 0. The van der Waals surface area contributed by atoms with Gasteiger partial charge in [0.15, 0.2) is 0 Å². The number of aryl methyl sites for hydroxylation is 1. The van der Waals surface area contributed by atoms with Gasteiger partial charge in [-0.25, -0.2) is 4.79 Å². The van der Waals surface area contributed by atoms with E-state index in [0.717, 1.165) is 11.3 Å². The first-order chi connectivity index (χ1) is 13.8. The summed E-state index contributed by atoms with van der Waals surface area (Å²) in [7, 11) is 1.30. The number of aromatic nitrogens is 2. The molecule has 1 aliphatic heterocycles. The van der Waals surface area contributed by atoms with Crippen LogP contribution >= 0.6 is 0 Å². The molecule has 3 aromatic rings. The lowest BCUT2D eigenvalue weighted by Gasteiger charge is -2.22. The zero-order chi connectivity index (χ0) is 20.8. The predicted octanol–water partition coefficient (Wildman–Crippen LogP) is 4.77. The molecule has 0 saturated carbocycles. The summed E-state index contributed by atoms with van der Waals surface area (Å²) >= 11 is 0. The van der Waals surface area contributed by atoms with Crippen molar-refractivity contribution in [2.24, 2.45) is 0 Å². The highest BCUT2D eigenvalue weighted by molar-refractivity contribution is 6.05. The topological polar surface area (TPSA) is 53.3 Å². The first-order valence-electron chi connectivity index (χ1n) is 8.91. The van der Waals surface area contributed by atoms with Crippen LogP contribution in [0.25, 0.3) is 22.4 Å². The lowest BCUT2D eigenvalue weighted by Crippen LogP contribution is -2.18. The van der Waals surface area contributed by atoms with E-state index in [0.29, 0.717) is 40.9 Å². The maximum atomic E-state index is 12.7. The molecular weight excluding hydrogens is 385 g/mol. The molecule has 4 rings (SSSR count). The Labute approximate surface area is 164 Å². The average Bonchev–Trinajstić information content (AvgIpc) is 2.99. The van der Waals surface area contributed by atoms with E-state index in [-0.39, 0.29) is 5.75 Å². The number of benzene rings is 1. The van der Waals surface area contributed by atoms with Crippen molar-refractivity contribution in [3.63, 3.8) is 0 Å². The van der Waals surface area contributed by atoms with Gasteiger partial charge in [0.1, 0.15) is 5.75 Å². The highest BCUT2D eigenvalue weighted by Crippen LogP contribution is 2.43. The quantitative estimate of drug-likeness (QED) is 0.593. The van der Waals surface area contributed by atoms with Crippen LogP contribution in [0.3, 0.4) is 0 Å². The van der Waals surface area contributed by atoms with Crippen LogP contribution in [0.1, 0.15) is 21.6 Å². The summed E-state index contributed by atoms with van der Waals surface area (Å²) in [5.41, 5.74) is 4.73. The van der Waals surface area contributed by atoms with E-state index >= 15 is 0 Å². The lowest BCUT2D eigenvalue weighted by atomic mass is 9.94. The summed E-state index contributed by atoms with van der Waals surface area (Å²) in [6.45, 7) is 2.43. The molecule has 3 heterocycles. The molecule has 2 aromatic heterocycles. The highest BCUT2D eigenvalue weighted by Gasteiger charge is 2.33. The van der Waals surface area contributed by atoms with Crippen molar-refractivity contribution in [1.82, 2.24) is 9.55 Å². The highest BCUT2D eigenvalue weighted by atomic mass is 19.4. The number of halogens is 3. The molecule has 0 fully saturated rings. The Kier molecular flexibility index (Phi) is 4.56. The molecule has 29 heavy (non-hydrogen) atoms. The minimum Gasteiger partial charge on any atom is -0.465 e.